The van der Waals surface area contributed by atoms with Gasteiger partial charge in [0.15, 0.2) is 0 Å². The first kappa shape index (κ1) is 9.59. The highest BCUT2D eigenvalue weighted by atomic mass is 32.2. The van der Waals surface area contributed by atoms with Gasteiger partial charge in [-0.25, -0.2) is 0 Å². The van der Waals surface area contributed by atoms with Crippen molar-refractivity contribution in [2.24, 2.45) is 5.16 Å². The molecule has 1 aromatic rings. The molecule has 1 aliphatic carbocycles. The van der Waals surface area contributed by atoms with Gasteiger partial charge < -0.3 is 5.21 Å². The molecule has 1 aliphatic rings. The first-order valence-corrected chi connectivity index (χ1v) is 5.96. The Hall–Kier alpha value is -0.960. The summed E-state index contributed by atoms with van der Waals surface area (Å²) in [6, 6.07) is 6.35. The Morgan fingerprint density at radius 3 is 2.93 bits per heavy atom. The molecule has 0 radical (unpaired) electrons. The zero-order chi connectivity index (χ0) is 9.97. The smallest absolute Gasteiger partial charge is 0.0870 e. The molecule has 0 spiro atoms. The van der Waals surface area contributed by atoms with Crippen molar-refractivity contribution in [3.63, 3.8) is 0 Å². The Kier molecular flexibility index (Phi) is 2.77. The summed E-state index contributed by atoms with van der Waals surface area (Å²) in [4.78, 5) is 1.28. The van der Waals surface area contributed by atoms with E-state index in [1.54, 1.807) is 11.8 Å². The highest BCUT2D eigenvalue weighted by Crippen LogP contribution is 2.26. The zero-order valence-electron chi connectivity index (χ0n) is 8.16. The van der Waals surface area contributed by atoms with Gasteiger partial charge >= 0.3 is 0 Å². The monoisotopic (exact) mass is 207 g/mol. The van der Waals surface area contributed by atoms with Crippen LogP contribution in [0.25, 0.3) is 0 Å². The van der Waals surface area contributed by atoms with Gasteiger partial charge in [-0.2, -0.15) is 0 Å². The summed E-state index contributed by atoms with van der Waals surface area (Å²) in [5, 5.41) is 12.2. The quantitative estimate of drug-likeness (QED) is 0.436. The maximum atomic E-state index is 8.85. The average molecular weight is 207 g/mol. The fourth-order valence-corrected chi connectivity index (χ4v) is 2.33. The molecule has 0 aromatic heterocycles. The zero-order valence-corrected chi connectivity index (χ0v) is 8.97. The lowest BCUT2D eigenvalue weighted by Crippen LogP contribution is -2.11. The molecule has 0 unspecified atom stereocenters. The summed E-state index contributed by atoms with van der Waals surface area (Å²) in [6.07, 6.45) is 5.15. The maximum Gasteiger partial charge on any atom is 0.0870 e. The molecule has 74 valence electrons. The van der Waals surface area contributed by atoms with E-state index < -0.39 is 0 Å². The molecule has 3 heteroatoms. The van der Waals surface area contributed by atoms with Crippen LogP contribution in [-0.4, -0.2) is 17.2 Å². The lowest BCUT2D eigenvalue weighted by atomic mass is 9.90. The van der Waals surface area contributed by atoms with Crippen molar-refractivity contribution in [1.82, 2.24) is 0 Å². The molecule has 1 aromatic carbocycles. The molecule has 0 saturated carbocycles. The SMILES string of the molecule is CSc1ccc2c(c1)CCCC2=NO. The molecule has 2 rings (SSSR count). The van der Waals surface area contributed by atoms with E-state index in [1.807, 2.05) is 0 Å². The van der Waals surface area contributed by atoms with Crippen molar-refractivity contribution in [2.75, 3.05) is 6.26 Å². The van der Waals surface area contributed by atoms with E-state index in [0.717, 1.165) is 30.5 Å². The van der Waals surface area contributed by atoms with E-state index in [0.29, 0.717) is 0 Å². The van der Waals surface area contributed by atoms with Gasteiger partial charge in [-0.15, -0.1) is 11.8 Å². The van der Waals surface area contributed by atoms with Crippen LogP contribution in [0.1, 0.15) is 24.0 Å². The summed E-state index contributed by atoms with van der Waals surface area (Å²) < 4.78 is 0. The van der Waals surface area contributed by atoms with Crippen molar-refractivity contribution in [3.05, 3.63) is 29.3 Å². The van der Waals surface area contributed by atoms with Gasteiger partial charge in [0.05, 0.1) is 5.71 Å². The number of nitrogens with zero attached hydrogens (tertiary/aromatic N) is 1. The van der Waals surface area contributed by atoms with Crippen molar-refractivity contribution < 1.29 is 5.21 Å². The van der Waals surface area contributed by atoms with E-state index >= 15 is 0 Å². The normalized spacial score (nSPS) is 18.2. The number of aryl methyl sites for hydroxylation is 1. The van der Waals surface area contributed by atoms with Gasteiger partial charge in [-0.1, -0.05) is 11.2 Å². The van der Waals surface area contributed by atoms with E-state index in [-0.39, 0.29) is 0 Å². The van der Waals surface area contributed by atoms with E-state index in [1.165, 1.54) is 10.5 Å². The largest absolute Gasteiger partial charge is 0.411 e. The highest BCUT2D eigenvalue weighted by Gasteiger charge is 2.15. The molecular weight excluding hydrogens is 194 g/mol. The Labute approximate surface area is 88.0 Å². The number of fused-ring (bicyclic) bond motifs is 1. The molecule has 0 bridgehead atoms. The standard InChI is InChI=1S/C11H13NOS/c1-14-9-5-6-10-8(7-9)3-2-4-11(10)12-13/h5-7,13H,2-4H2,1H3. The molecule has 0 heterocycles. The minimum atomic E-state index is 0.832. The third-order valence-electron chi connectivity index (χ3n) is 2.60. The number of thioether (sulfide) groups is 1. The fraction of sp³-hybridized carbons (Fsp3) is 0.364. The lowest BCUT2D eigenvalue weighted by Gasteiger charge is -2.17. The van der Waals surface area contributed by atoms with Crippen molar-refractivity contribution in [2.45, 2.75) is 24.2 Å². The Bertz CT molecular complexity index is 374. The number of hydrogen-bond acceptors (Lipinski definition) is 3. The van der Waals surface area contributed by atoms with Crippen LogP contribution in [0.2, 0.25) is 0 Å². The van der Waals surface area contributed by atoms with Crippen LogP contribution in [0, 0.1) is 0 Å². The number of rotatable bonds is 1. The van der Waals surface area contributed by atoms with Crippen LogP contribution < -0.4 is 0 Å². The molecule has 14 heavy (non-hydrogen) atoms. The predicted octanol–water partition coefficient (Wildman–Crippen LogP) is 2.92. The summed E-state index contributed by atoms with van der Waals surface area (Å²) in [5.74, 6) is 0. The molecule has 0 atom stereocenters. The molecular formula is C11H13NOS. The van der Waals surface area contributed by atoms with Crippen molar-refractivity contribution >= 4 is 17.5 Å². The van der Waals surface area contributed by atoms with E-state index in [2.05, 4.69) is 29.6 Å². The van der Waals surface area contributed by atoms with Crippen LogP contribution in [0.4, 0.5) is 0 Å². The highest BCUT2D eigenvalue weighted by molar-refractivity contribution is 7.98. The van der Waals surface area contributed by atoms with Crippen LogP contribution in [0.15, 0.2) is 28.3 Å². The third kappa shape index (κ3) is 1.64. The molecule has 0 amide bonds. The third-order valence-corrected chi connectivity index (χ3v) is 3.33. The molecule has 0 aliphatic heterocycles. The number of hydrogen-bond donors (Lipinski definition) is 1. The van der Waals surface area contributed by atoms with E-state index in [4.69, 9.17) is 5.21 Å². The second-order valence-electron chi connectivity index (χ2n) is 3.42. The van der Waals surface area contributed by atoms with Crippen LogP contribution in [0.5, 0.6) is 0 Å². The first-order valence-electron chi connectivity index (χ1n) is 4.73. The Morgan fingerprint density at radius 2 is 2.21 bits per heavy atom. The van der Waals surface area contributed by atoms with Crippen LogP contribution in [0.3, 0.4) is 0 Å². The second kappa shape index (κ2) is 4.05. The van der Waals surface area contributed by atoms with Gasteiger partial charge in [0.2, 0.25) is 0 Å². The lowest BCUT2D eigenvalue weighted by molar-refractivity contribution is 0.317. The van der Waals surface area contributed by atoms with Crippen LogP contribution >= 0.6 is 11.8 Å². The van der Waals surface area contributed by atoms with Gasteiger partial charge in [0.1, 0.15) is 0 Å². The molecule has 0 fully saturated rings. The molecule has 2 nitrogen and oxygen atoms in total. The van der Waals surface area contributed by atoms with Crippen LogP contribution in [-0.2, 0) is 6.42 Å². The number of oxime groups is 1. The Balaban J connectivity index is 2.46. The Morgan fingerprint density at radius 1 is 1.36 bits per heavy atom. The van der Waals surface area contributed by atoms with Gasteiger partial charge in [-0.3, -0.25) is 0 Å². The maximum absolute atomic E-state index is 8.85. The van der Waals surface area contributed by atoms with Crippen molar-refractivity contribution in [3.8, 4) is 0 Å². The summed E-state index contributed by atoms with van der Waals surface area (Å²) >= 11 is 1.75. The minimum absolute atomic E-state index is 0.832. The predicted molar refractivity (Wildman–Crippen MR) is 59.5 cm³/mol. The summed E-state index contributed by atoms with van der Waals surface area (Å²) in [7, 11) is 0. The average Bonchev–Trinajstić information content (AvgIpc) is 2.27. The van der Waals surface area contributed by atoms with Crippen molar-refractivity contribution in [1.29, 1.82) is 0 Å². The number of benzene rings is 1. The summed E-state index contributed by atoms with van der Waals surface area (Å²) in [6.45, 7) is 0. The van der Waals surface area contributed by atoms with Gasteiger partial charge in [0, 0.05) is 10.5 Å². The minimum Gasteiger partial charge on any atom is -0.411 e. The van der Waals surface area contributed by atoms with E-state index in [9.17, 15) is 0 Å². The molecule has 0 saturated heterocycles. The summed E-state index contributed by atoms with van der Waals surface area (Å²) in [5.41, 5.74) is 3.27. The van der Waals surface area contributed by atoms with Gasteiger partial charge in [-0.05, 0) is 43.2 Å². The van der Waals surface area contributed by atoms with Gasteiger partial charge in [0.25, 0.3) is 0 Å². The topological polar surface area (TPSA) is 32.6 Å². The fourth-order valence-electron chi connectivity index (χ4n) is 1.87. The second-order valence-corrected chi connectivity index (χ2v) is 4.30. The molecule has 1 N–H and O–H groups in total. The first-order chi connectivity index (χ1) is 6.85.